The van der Waals surface area contributed by atoms with Crippen LogP contribution >= 0.6 is 15.9 Å². The van der Waals surface area contributed by atoms with Crippen LogP contribution in [0.1, 0.15) is 0 Å². The molecule has 2 N–H and O–H groups in total. The van der Waals surface area contributed by atoms with Gasteiger partial charge in [0.25, 0.3) is 0 Å². The number of halogens is 1. The van der Waals surface area contributed by atoms with Crippen LogP contribution in [0.25, 0.3) is 0 Å². The summed E-state index contributed by atoms with van der Waals surface area (Å²) in [5.74, 6) is -0.106. The monoisotopic (exact) mass is 269 g/mol. The van der Waals surface area contributed by atoms with Gasteiger partial charge in [0.15, 0.2) is 0 Å². The van der Waals surface area contributed by atoms with E-state index in [4.69, 9.17) is 0 Å². The lowest BCUT2D eigenvalue weighted by molar-refractivity contribution is -0.115. The molecule has 0 aromatic carbocycles. The Hall–Kier alpha value is -1.20. The van der Waals surface area contributed by atoms with Gasteiger partial charge in [-0.2, -0.15) is 0 Å². The van der Waals surface area contributed by atoms with Crippen molar-refractivity contribution in [2.24, 2.45) is 0 Å². The number of aromatic nitrogens is 1. The van der Waals surface area contributed by atoms with E-state index in [2.05, 4.69) is 38.1 Å². The third-order valence-electron chi connectivity index (χ3n) is 1.61. The zero-order chi connectivity index (χ0) is 11.1. The van der Waals surface area contributed by atoms with Crippen molar-refractivity contribution in [2.75, 3.05) is 18.4 Å². The van der Waals surface area contributed by atoms with Gasteiger partial charge in [0, 0.05) is 12.7 Å². The first-order valence-electron chi connectivity index (χ1n) is 4.46. The molecule has 0 spiro atoms. The van der Waals surface area contributed by atoms with E-state index in [1.807, 2.05) is 0 Å². The second kappa shape index (κ2) is 6.31. The second-order valence-electron chi connectivity index (χ2n) is 2.81. The molecule has 0 saturated heterocycles. The lowest BCUT2D eigenvalue weighted by atomic mass is 10.4. The summed E-state index contributed by atoms with van der Waals surface area (Å²) in [6.07, 6.45) is 3.35. The largest absolute Gasteiger partial charge is 0.323 e. The van der Waals surface area contributed by atoms with Gasteiger partial charge < -0.3 is 10.6 Å². The quantitative estimate of drug-likeness (QED) is 0.485. The molecule has 1 amide bonds. The van der Waals surface area contributed by atoms with Gasteiger partial charge in [-0.3, -0.25) is 4.79 Å². The predicted molar refractivity (Wildman–Crippen MR) is 63.6 cm³/mol. The Bertz CT molecular complexity index is 354. The molecule has 0 saturated carbocycles. The van der Waals surface area contributed by atoms with Crippen LogP contribution in [0.5, 0.6) is 0 Å². The molecule has 15 heavy (non-hydrogen) atoms. The maximum Gasteiger partial charge on any atom is 0.238 e. The molecule has 1 heterocycles. The lowest BCUT2D eigenvalue weighted by Crippen LogP contribution is -2.28. The first-order valence-corrected chi connectivity index (χ1v) is 5.25. The van der Waals surface area contributed by atoms with Crippen LogP contribution in [-0.2, 0) is 4.79 Å². The number of pyridine rings is 1. The van der Waals surface area contributed by atoms with Crippen molar-refractivity contribution in [3.8, 4) is 0 Å². The summed E-state index contributed by atoms with van der Waals surface area (Å²) < 4.78 is 0.627. The molecule has 1 rings (SSSR count). The summed E-state index contributed by atoms with van der Waals surface area (Å²) in [5, 5.41) is 5.63. The van der Waals surface area contributed by atoms with Gasteiger partial charge in [-0.05, 0) is 28.1 Å². The molecule has 0 aliphatic carbocycles. The molecule has 1 aromatic heterocycles. The van der Waals surface area contributed by atoms with Crippen LogP contribution in [0.3, 0.4) is 0 Å². The van der Waals surface area contributed by atoms with E-state index < -0.39 is 0 Å². The first-order chi connectivity index (χ1) is 7.24. The van der Waals surface area contributed by atoms with Crippen molar-refractivity contribution >= 4 is 27.5 Å². The summed E-state index contributed by atoms with van der Waals surface area (Å²) in [6, 6.07) is 3.54. The molecule has 5 heteroatoms. The highest BCUT2D eigenvalue weighted by molar-refractivity contribution is 9.10. The van der Waals surface area contributed by atoms with Crippen LogP contribution in [0, 0.1) is 0 Å². The first kappa shape index (κ1) is 11.9. The van der Waals surface area contributed by atoms with Crippen LogP contribution in [0.2, 0.25) is 0 Å². The third kappa shape index (κ3) is 4.22. The number of carbonyl (C=O) groups is 1. The molecule has 80 valence electrons. The number of hydrogen-bond acceptors (Lipinski definition) is 3. The highest BCUT2D eigenvalue weighted by Gasteiger charge is 2.04. The average Bonchev–Trinajstić information content (AvgIpc) is 2.22. The summed E-state index contributed by atoms with van der Waals surface area (Å²) in [6.45, 7) is 4.41. The van der Waals surface area contributed by atoms with E-state index in [0.717, 1.165) is 0 Å². The van der Waals surface area contributed by atoms with Gasteiger partial charge in [-0.1, -0.05) is 6.08 Å². The zero-order valence-electron chi connectivity index (χ0n) is 8.16. The summed E-state index contributed by atoms with van der Waals surface area (Å²) in [4.78, 5) is 15.4. The summed E-state index contributed by atoms with van der Waals surface area (Å²) in [5.41, 5.74) is 0.669. The van der Waals surface area contributed by atoms with Crippen molar-refractivity contribution in [2.45, 2.75) is 0 Å². The Kier molecular flexibility index (Phi) is 5.00. The lowest BCUT2D eigenvalue weighted by Gasteiger charge is -2.06. The highest BCUT2D eigenvalue weighted by Crippen LogP contribution is 2.17. The average molecular weight is 270 g/mol. The van der Waals surface area contributed by atoms with E-state index in [1.54, 1.807) is 24.4 Å². The molecule has 0 fully saturated rings. The van der Waals surface area contributed by atoms with Crippen molar-refractivity contribution < 1.29 is 4.79 Å². The van der Waals surface area contributed by atoms with Crippen LogP contribution < -0.4 is 10.6 Å². The number of hydrogen-bond donors (Lipinski definition) is 2. The van der Waals surface area contributed by atoms with Crippen molar-refractivity contribution in [3.63, 3.8) is 0 Å². The number of carbonyl (C=O) groups excluding carboxylic acids is 1. The van der Waals surface area contributed by atoms with E-state index in [0.29, 0.717) is 16.8 Å². The molecule has 0 bridgehead atoms. The zero-order valence-corrected chi connectivity index (χ0v) is 9.75. The second-order valence-corrected chi connectivity index (χ2v) is 3.56. The SMILES string of the molecule is C=CCNCC(=O)Nc1cccnc1Br. The fraction of sp³-hybridized carbons (Fsp3) is 0.200. The number of nitrogens with one attached hydrogen (secondary N) is 2. The Morgan fingerprint density at radius 3 is 3.13 bits per heavy atom. The minimum atomic E-state index is -0.106. The molecule has 1 aromatic rings. The molecule has 0 radical (unpaired) electrons. The molecule has 0 aliphatic rings. The van der Waals surface area contributed by atoms with E-state index in [9.17, 15) is 4.79 Å². The number of anilines is 1. The third-order valence-corrected chi connectivity index (χ3v) is 2.24. The van der Waals surface area contributed by atoms with Crippen LogP contribution in [0.15, 0.2) is 35.6 Å². The van der Waals surface area contributed by atoms with Crippen molar-refractivity contribution in [1.29, 1.82) is 0 Å². The Balaban J connectivity index is 2.44. The summed E-state index contributed by atoms with van der Waals surface area (Å²) >= 11 is 3.24. The normalized spacial score (nSPS) is 9.67. The Morgan fingerprint density at radius 1 is 1.67 bits per heavy atom. The maximum absolute atomic E-state index is 11.4. The maximum atomic E-state index is 11.4. The van der Waals surface area contributed by atoms with Gasteiger partial charge >= 0.3 is 0 Å². The molecular weight excluding hydrogens is 258 g/mol. The van der Waals surface area contributed by atoms with Gasteiger partial charge in [-0.25, -0.2) is 4.98 Å². The Labute approximate surface area is 96.9 Å². The van der Waals surface area contributed by atoms with Crippen LogP contribution in [-0.4, -0.2) is 24.0 Å². The van der Waals surface area contributed by atoms with Crippen LogP contribution in [0.4, 0.5) is 5.69 Å². The standard InChI is InChI=1S/C10H12BrN3O/c1-2-5-12-7-9(15)14-8-4-3-6-13-10(8)11/h2-4,6,12H,1,5,7H2,(H,14,15). The van der Waals surface area contributed by atoms with Gasteiger partial charge in [0.05, 0.1) is 12.2 Å². The van der Waals surface area contributed by atoms with E-state index in [1.165, 1.54) is 0 Å². The molecular formula is C10H12BrN3O. The Morgan fingerprint density at radius 2 is 2.47 bits per heavy atom. The van der Waals surface area contributed by atoms with E-state index in [-0.39, 0.29) is 12.5 Å². The van der Waals surface area contributed by atoms with Crippen molar-refractivity contribution in [1.82, 2.24) is 10.3 Å². The van der Waals surface area contributed by atoms with Crippen molar-refractivity contribution in [3.05, 3.63) is 35.6 Å². The molecule has 0 aliphatic heterocycles. The smallest absolute Gasteiger partial charge is 0.238 e. The van der Waals surface area contributed by atoms with Gasteiger partial charge in [-0.15, -0.1) is 6.58 Å². The summed E-state index contributed by atoms with van der Waals surface area (Å²) in [7, 11) is 0. The molecule has 4 nitrogen and oxygen atoms in total. The number of amides is 1. The predicted octanol–water partition coefficient (Wildman–Crippen LogP) is 1.56. The fourth-order valence-corrected chi connectivity index (χ4v) is 1.31. The minimum Gasteiger partial charge on any atom is -0.323 e. The molecule has 0 atom stereocenters. The van der Waals surface area contributed by atoms with E-state index >= 15 is 0 Å². The number of nitrogens with zero attached hydrogens (tertiary/aromatic N) is 1. The minimum absolute atomic E-state index is 0.106. The highest BCUT2D eigenvalue weighted by atomic mass is 79.9. The molecule has 0 unspecified atom stereocenters. The number of rotatable bonds is 5. The van der Waals surface area contributed by atoms with Gasteiger partial charge in [0.2, 0.25) is 5.91 Å². The fourth-order valence-electron chi connectivity index (χ4n) is 0.961. The van der Waals surface area contributed by atoms with Gasteiger partial charge in [0.1, 0.15) is 4.60 Å². The topological polar surface area (TPSA) is 54.0 Å².